The van der Waals surface area contributed by atoms with Gasteiger partial charge in [0.1, 0.15) is 4.88 Å². The summed E-state index contributed by atoms with van der Waals surface area (Å²) in [6, 6.07) is 19.5. The molecule has 0 fully saturated rings. The SMILES string of the molecule is CCOC(=O)c1sc(Nc2ccccc2NC(N)=Nc2ccc(-c3ccccc3)nn2)nc1C(F)(F)F. The van der Waals surface area contributed by atoms with E-state index in [1.807, 2.05) is 30.3 Å². The number of carbonyl (C=O) groups is 1. The molecule has 0 spiro atoms. The van der Waals surface area contributed by atoms with E-state index in [4.69, 9.17) is 10.5 Å². The monoisotopic (exact) mass is 527 g/mol. The Kier molecular flexibility index (Phi) is 7.63. The average Bonchev–Trinajstić information content (AvgIpc) is 3.31. The number of ether oxygens (including phenoxy) is 1. The highest BCUT2D eigenvalue weighted by molar-refractivity contribution is 7.17. The number of rotatable bonds is 7. The fourth-order valence-corrected chi connectivity index (χ4v) is 4.05. The second kappa shape index (κ2) is 11.0. The van der Waals surface area contributed by atoms with Gasteiger partial charge in [0, 0.05) is 5.56 Å². The molecule has 0 saturated carbocycles. The van der Waals surface area contributed by atoms with Crippen molar-refractivity contribution in [2.45, 2.75) is 13.1 Å². The standard InChI is InChI=1S/C24H20F3N7O2S/c1-2-36-21(35)19-20(24(25,26)27)32-23(37-19)30-17-11-7-6-10-16(17)29-22(28)31-18-13-12-15(33-34-18)14-8-4-3-5-9-14/h3-13H,2H2,1H3,(H,30,32)(H3,28,29,31,34). The third-order valence-electron chi connectivity index (χ3n) is 4.74. The fourth-order valence-electron chi connectivity index (χ4n) is 3.15. The van der Waals surface area contributed by atoms with Gasteiger partial charge in [0.05, 0.1) is 23.7 Å². The van der Waals surface area contributed by atoms with Crippen molar-refractivity contribution in [2.24, 2.45) is 10.7 Å². The molecule has 0 aliphatic heterocycles. The van der Waals surface area contributed by atoms with Crippen LogP contribution in [0.25, 0.3) is 11.3 Å². The molecule has 0 aliphatic rings. The van der Waals surface area contributed by atoms with Gasteiger partial charge in [0.25, 0.3) is 0 Å². The van der Waals surface area contributed by atoms with E-state index in [-0.39, 0.29) is 23.5 Å². The fraction of sp³-hybridized carbons (Fsp3) is 0.125. The molecule has 0 amide bonds. The third kappa shape index (κ3) is 6.38. The summed E-state index contributed by atoms with van der Waals surface area (Å²) in [5.41, 5.74) is 7.04. The van der Waals surface area contributed by atoms with Crippen molar-refractivity contribution in [3.8, 4) is 11.3 Å². The minimum absolute atomic E-state index is 0.0293. The number of nitrogens with zero attached hydrogens (tertiary/aromatic N) is 4. The number of aliphatic imine (C=N–C) groups is 1. The van der Waals surface area contributed by atoms with E-state index < -0.39 is 22.7 Å². The van der Waals surface area contributed by atoms with Gasteiger partial charge in [-0.15, -0.1) is 10.2 Å². The Balaban J connectivity index is 1.53. The number of aromatic nitrogens is 3. The molecule has 0 saturated heterocycles. The topological polar surface area (TPSA) is 127 Å². The van der Waals surface area contributed by atoms with Gasteiger partial charge < -0.3 is 21.1 Å². The normalized spacial score (nSPS) is 11.7. The van der Waals surface area contributed by atoms with Crippen molar-refractivity contribution in [1.82, 2.24) is 15.2 Å². The van der Waals surface area contributed by atoms with Crippen LogP contribution >= 0.6 is 11.3 Å². The number of hydrogen-bond donors (Lipinski definition) is 3. The summed E-state index contributed by atoms with van der Waals surface area (Å²) in [6.45, 7) is 1.43. The van der Waals surface area contributed by atoms with E-state index >= 15 is 0 Å². The van der Waals surface area contributed by atoms with Crippen LogP contribution in [0.15, 0.2) is 71.7 Å². The molecule has 2 aromatic carbocycles. The second-order valence-electron chi connectivity index (χ2n) is 7.35. The van der Waals surface area contributed by atoms with Crippen molar-refractivity contribution in [3.05, 3.63) is 77.3 Å². The molecule has 190 valence electrons. The van der Waals surface area contributed by atoms with Crippen molar-refractivity contribution in [3.63, 3.8) is 0 Å². The number of hydrogen-bond acceptors (Lipinski definition) is 8. The maximum Gasteiger partial charge on any atom is 0.435 e. The maximum atomic E-state index is 13.4. The van der Waals surface area contributed by atoms with Crippen molar-refractivity contribution < 1.29 is 22.7 Å². The van der Waals surface area contributed by atoms with Crippen LogP contribution in [0, 0.1) is 0 Å². The van der Waals surface area contributed by atoms with Crippen molar-refractivity contribution in [1.29, 1.82) is 0 Å². The van der Waals surface area contributed by atoms with Crippen LogP contribution in [0.1, 0.15) is 22.3 Å². The van der Waals surface area contributed by atoms with Gasteiger partial charge >= 0.3 is 12.1 Å². The zero-order chi connectivity index (χ0) is 26.4. The quantitative estimate of drug-likeness (QED) is 0.161. The number of anilines is 3. The van der Waals surface area contributed by atoms with Crippen LogP contribution in [0.5, 0.6) is 0 Å². The molecule has 37 heavy (non-hydrogen) atoms. The Morgan fingerprint density at radius 2 is 1.73 bits per heavy atom. The van der Waals surface area contributed by atoms with E-state index in [0.717, 1.165) is 5.56 Å². The zero-order valence-electron chi connectivity index (χ0n) is 19.3. The highest BCUT2D eigenvalue weighted by Crippen LogP contribution is 2.38. The minimum atomic E-state index is -4.83. The second-order valence-corrected chi connectivity index (χ2v) is 8.35. The number of alkyl halides is 3. The van der Waals surface area contributed by atoms with Gasteiger partial charge in [-0.05, 0) is 31.2 Å². The number of carbonyl (C=O) groups excluding carboxylic acids is 1. The number of para-hydroxylation sites is 2. The lowest BCUT2D eigenvalue weighted by Crippen LogP contribution is -2.22. The molecule has 0 atom stereocenters. The Bertz CT molecular complexity index is 1410. The molecule has 13 heteroatoms. The van der Waals surface area contributed by atoms with Gasteiger partial charge in [0.2, 0.25) is 0 Å². The van der Waals surface area contributed by atoms with Crippen LogP contribution in [0.3, 0.4) is 0 Å². The maximum absolute atomic E-state index is 13.4. The van der Waals surface area contributed by atoms with Crippen LogP contribution in [0.2, 0.25) is 0 Å². The summed E-state index contributed by atoms with van der Waals surface area (Å²) in [4.78, 5) is 19.2. The van der Waals surface area contributed by atoms with Gasteiger partial charge in [0.15, 0.2) is 22.6 Å². The summed E-state index contributed by atoms with van der Waals surface area (Å²) in [6.07, 6.45) is -4.83. The van der Waals surface area contributed by atoms with E-state index in [1.54, 1.807) is 36.4 Å². The molecule has 2 aromatic heterocycles. The smallest absolute Gasteiger partial charge is 0.435 e. The molecule has 0 radical (unpaired) electrons. The third-order valence-corrected chi connectivity index (χ3v) is 5.69. The Hall–Kier alpha value is -4.52. The molecule has 0 aliphatic carbocycles. The lowest BCUT2D eigenvalue weighted by molar-refractivity contribution is -0.141. The van der Waals surface area contributed by atoms with E-state index in [9.17, 15) is 18.0 Å². The summed E-state index contributed by atoms with van der Waals surface area (Å²) in [7, 11) is 0. The largest absolute Gasteiger partial charge is 0.462 e. The number of halogens is 3. The first-order valence-electron chi connectivity index (χ1n) is 10.9. The molecule has 4 aromatic rings. The molecule has 0 unspecified atom stereocenters. The predicted octanol–water partition coefficient (Wildman–Crippen LogP) is 5.60. The molecule has 0 bridgehead atoms. The van der Waals surface area contributed by atoms with E-state index in [2.05, 4.69) is 30.8 Å². The predicted molar refractivity (Wildman–Crippen MR) is 135 cm³/mol. The first-order chi connectivity index (χ1) is 17.7. The number of benzene rings is 2. The molecular weight excluding hydrogens is 507 g/mol. The van der Waals surface area contributed by atoms with E-state index in [0.29, 0.717) is 28.4 Å². The zero-order valence-corrected chi connectivity index (χ0v) is 20.1. The van der Waals surface area contributed by atoms with Crippen LogP contribution in [-0.4, -0.2) is 33.7 Å². The summed E-state index contributed by atoms with van der Waals surface area (Å²) in [5.74, 6) is -0.871. The van der Waals surface area contributed by atoms with Gasteiger partial charge in [-0.1, -0.05) is 53.8 Å². The van der Waals surface area contributed by atoms with Crippen molar-refractivity contribution >= 4 is 45.6 Å². The Morgan fingerprint density at radius 1 is 1.03 bits per heavy atom. The lowest BCUT2D eigenvalue weighted by atomic mass is 10.1. The minimum Gasteiger partial charge on any atom is -0.462 e. The van der Waals surface area contributed by atoms with Crippen LogP contribution in [-0.2, 0) is 10.9 Å². The number of guanidine groups is 1. The Labute approximate surface area is 213 Å². The molecule has 9 nitrogen and oxygen atoms in total. The van der Waals surface area contributed by atoms with E-state index in [1.165, 1.54) is 6.92 Å². The average molecular weight is 528 g/mol. The molecular formula is C24H20F3N7O2S. The highest BCUT2D eigenvalue weighted by atomic mass is 32.1. The number of nitrogens with one attached hydrogen (secondary N) is 2. The van der Waals surface area contributed by atoms with Crippen molar-refractivity contribution in [2.75, 3.05) is 17.2 Å². The van der Waals surface area contributed by atoms with Gasteiger partial charge in [-0.3, -0.25) is 0 Å². The number of thiazole rings is 1. The molecule has 2 heterocycles. The lowest BCUT2D eigenvalue weighted by Gasteiger charge is -2.11. The Morgan fingerprint density at radius 3 is 2.38 bits per heavy atom. The molecule has 4 rings (SSSR count). The molecule has 4 N–H and O–H groups in total. The summed E-state index contributed by atoms with van der Waals surface area (Å²) in [5, 5.41) is 13.7. The number of nitrogens with two attached hydrogens (primary N) is 1. The first-order valence-corrected chi connectivity index (χ1v) is 11.7. The highest BCUT2D eigenvalue weighted by Gasteiger charge is 2.40. The van der Waals surface area contributed by atoms with Crippen LogP contribution < -0.4 is 16.4 Å². The van der Waals surface area contributed by atoms with Gasteiger partial charge in [-0.25, -0.2) is 9.78 Å². The first kappa shape index (κ1) is 25.6. The number of esters is 1. The summed E-state index contributed by atoms with van der Waals surface area (Å²) < 4.78 is 45.0. The van der Waals surface area contributed by atoms with Crippen LogP contribution in [0.4, 0.5) is 35.5 Å². The van der Waals surface area contributed by atoms with Gasteiger partial charge in [-0.2, -0.15) is 18.2 Å². The summed E-state index contributed by atoms with van der Waals surface area (Å²) >= 11 is 0.535.